The number of rotatable bonds is 1. The summed E-state index contributed by atoms with van der Waals surface area (Å²) >= 11 is 1.78. The molecule has 17 heavy (non-hydrogen) atoms. The fraction of sp³-hybridized carbons (Fsp3) is 0.733. The van der Waals surface area contributed by atoms with Crippen molar-refractivity contribution < 1.29 is 5.11 Å². The van der Waals surface area contributed by atoms with Gasteiger partial charge in [0, 0.05) is 4.88 Å². The van der Waals surface area contributed by atoms with Crippen LogP contribution in [0.25, 0.3) is 0 Å². The number of hydrogen-bond acceptors (Lipinski definition) is 2. The van der Waals surface area contributed by atoms with Crippen molar-refractivity contribution in [2.45, 2.75) is 44.6 Å². The van der Waals surface area contributed by atoms with Crippen LogP contribution in [0.2, 0.25) is 0 Å². The van der Waals surface area contributed by atoms with Gasteiger partial charge in [0.25, 0.3) is 0 Å². The van der Waals surface area contributed by atoms with Gasteiger partial charge in [0.05, 0.1) is 5.60 Å². The van der Waals surface area contributed by atoms with Crippen LogP contribution in [0.15, 0.2) is 11.4 Å². The van der Waals surface area contributed by atoms with E-state index < -0.39 is 5.60 Å². The highest BCUT2D eigenvalue weighted by atomic mass is 32.1. The molecule has 4 rings (SSSR count). The van der Waals surface area contributed by atoms with Gasteiger partial charge in [0.2, 0.25) is 0 Å². The maximum Gasteiger partial charge on any atom is 0.0938 e. The first-order chi connectivity index (χ1) is 8.18. The Hall–Kier alpha value is -0.340. The van der Waals surface area contributed by atoms with Crippen molar-refractivity contribution in [3.63, 3.8) is 0 Å². The Morgan fingerprint density at radius 2 is 2.18 bits per heavy atom. The molecule has 0 radical (unpaired) electrons. The second-order valence-corrected chi connectivity index (χ2v) is 7.55. The number of fused-ring (bicyclic) bond motifs is 5. The molecule has 1 nitrogen and oxygen atoms in total. The third kappa shape index (κ3) is 1.29. The van der Waals surface area contributed by atoms with Crippen molar-refractivity contribution in [2.24, 2.45) is 23.7 Å². The summed E-state index contributed by atoms with van der Waals surface area (Å²) < 4.78 is 0. The Morgan fingerprint density at radius 1 is 1.35 bits per heavy atom. The summed E-state index contributed by atoms with van der Waals surface area (Å²) in [6.07, 6.45) is 6.54. The van der Waals surface area contributed by atoms with E-state index in [4.69, 9.17) is 0 Å². The Bertz CT molecular complexity index is 452. The van der Waals surface area contributed by atoms with Crippen molar-refractivity contribution in [3.05, 3.63) is 21.9 Å². The van der Waals surface area contributed by atoms with E-state index >= 15 is 0 Å². The van der Waals surface area contributed by atoms with Crippen molar-refractivity contribution >= 4 is 11.3 Å². The molecule has 0 saturated heterocycles. The zero-order valence-corrected chi connectivity index (χ0v) is 11.2. The summed E-state index contributed by atoms with van der Waals surface area (Å²) in [6, 6.07) is 2.22. The second-order valence-electron chi connectivity index (χ2n) is 6.44. The molecule has 0 aromatic carbocycles. The average Bonchev–Trinajstić information content (AvgIpc) is 2.95. The highest BCUT2D eigenvalue weighted by molar-refractivity contribution is 7.10. The van der Waals surface area contributed by atoms with Crippen LogP contribution < -0.4 is 0 Å². The van der Waals surface area contributed by atoms with E-state index in [2.05, 4.69) is 18.4 Å². The molecule has 1 N–H and O–H groups in total. The predicted molar refractivity (Wildman–Crippen MR) is 70.0 cm³/mol. The fourth-order valence-corrected chi connectivity index (χ4v) is 5.90. The van der Waals surface area contributed by atoms with Gasteiger partial charge in [-0.25, -0.2) is 0 Å². The van der Waals surface area contributed by atoms with Crippen LogP contribution in [0.5, 0.6) is 0 Å². The van der Waals surface area contributed by atoms with Gasteiger partial charge >= 0.3 is 0 Å². The lowest BCUT2D eigenvalue weighted by molar-refractivity contribution is -0.0509. The average molecular weight is 248 g/mol. The van der Waals surface area contributed by atoms with Crippen LogP contribution in [0.1, 0.15) is 42.5 Å². The van der Waals surface area contributed by atoms with Gasteiger partial charge in [0.15, 0.2) is 0 Å². The van der Waals surface area contributed by atoms with E-state index in [0.29, 0.717) is 5.92 Å². The Morgan fingerprint density at radius 3 is 2.94 bits per heavy atom. The Labute approximate surface area is 107 Å². The maximum absolute atomic E-state index is 11.1. The van der Waals surface area contributed by atoms with E-state index in [9.17, 15) is 5.11 Å². The van der Waals surface area contributed by atoms with Crippen LogP contribution in [0, 0.1) is 30.6 Å². The minimum absolute atomic E-state index is 0.471. The van der Waals surface area contributed by atoms with Crippen LogP contribution in [-0.2, 0) is 5.60 Å². The molecule has 0 amide bonds. The quantitative estimate of drug-likeness (QED) is 0.803. The molecule has 3 saturated carbocycles. The molecule has 1 heterocycles. The lowest BCUT2D eigenvalue weighted by atomic mass is 9.70. The number of aryl methyl sites for hydroxylation is 1. The summed E-state index contributed by atoms with van der Waals surface area (Å²) in [5, 5.41) is 13.3. The van der Waals surface area contributed by atoms with Crippen molar-refractivity contribution in [3.8, 4) is 0 Å². The van der Waals surface area contributed by atoms with Crippen molar-refractivity contribution in [2.75, 3.05) is 0 Å². The third-order valence-electron chi connectivity index (χ3n) is 5.72. The van der Waals surface area contributed by atoms with Crippen molar-refractivity contribution in [1.29, 1.82) is 0 Å². The third-order valence-corrected chi connectivity index (χ3v) is 6.58. The number of hydrogen-bond donors (Lipinski definition) is 1. The van der Waals surface area contributed by atoms with Gasteiger partial charge in [-0.1, -0.05) is 6.42 Å². The van der Waals surface area contributed by atoms with Crippen LogP contribution in [-0.4, -0.2) is 5.11 Å². The molecule has 5 atom stereocenters. The molecule has 92 valence electrons. The van der Waals surface area contributed by atoms with Crippen LogP contribution in [0.3, 0.4) is 0 Å². The van der Waals surface area contributed by atoms with E-state index in [1.165, 1.54) is 36.1 Å². The monoisotopic (exact) mass is 248 g/mol. The summed E-state index contributed by atoms with van der Waals surface area (Å²) in [7, 11) is 0. The van der Waals surface area contributed by atoms with E-state index in [-0.39, 0.29) is 0 Å². The minimum Gasteiger partial charge on any atom is -0.385 e. The van der Waals surface area contributed by atoms with Gasteiger partial charge in [0.1, 0.15) is 0 Å². The van der Waals surface area contributed by atoms with E-state index in [1.54, 1.807) is 11.3 Å². The van der Waals surface area contributed by atoms with E-state index in [0.717, 1.165) is 24.2 Å². The molecule has 3 fully saturated rings. The van der Waals surface area contributed by atoms with Gasteiger partial charge in [-0.3, -0.25) is 0 Å². The fourth-order valence-electron chi connectivity index (χ4n) is 5.12. The SMILES string of the molecule is Cc1cc(C2(O)CC3CC2C2CCCC32)cs1. The molecule has 0 aliphatic heterocycles. The lowest BCUT2D eigenvalue weighted by Gasteiger charge is -2.38. The molecule has 2 bridgehead atoms. The first kappa shape index (κ1) is 10.6. The highest BCUT2D eigenvalue weighted by Crippen LogP contribution is 2.65. The van der Waals surface area contributed by atoms with Gasteiger partial charge < -0.3 is 5.11 Å². The lowest BCUT2D eigenvalue weighted by Crippen LogP contribution is -2.38. The van der Waals surface area contributed by atoms with Crippen LogP contribution in [0.4, 0.5) is 0 Å². The summed E-state index contributed by atoms with van der Waals surface area (Å²) in [6.45, 7) is 2.14. The molecular formula is C15H20OS. The van der Waals surface area contributed by atoms with Crippen molar-refractivity contribution in [1.82, 2.24) is 0 Å². The standard InChI is InChI=1S/C15H20OS/c1-9-5-11(8-17-9)15(16)7-10-6-14(15)13-4-2-3-12(10)13/h5,8,10,12-14,16H,2-4,6-7H2,1H3. The smallest absolute Gasteiger partial charge is 0.0938 e. The molecule has 5 unspecified atom stereocenters. The molecule has 0 spiro atoms. The Kier molecular flexibility index (Phi) is 2.09. The molecule has 1 aromatic heterocycles. The maximum atomic E-state index is 11.1. The number of thiophene rings is 1. The van der Waals surface area contributed by atoms with Gasteiger partial charge in [-0.15, -0.1) is 11.3 Å². The summed E-state index contributed by atoms with van der Waals surface area (Å²) in [4.78, 5) is 1.33. The summed E-state index contributed by atoms with van der Waals surface area (Å²) in [5.74, 6) is 3.17. The van der Waals surface area contributed by atoms with E-state index in [1.807, 2.05) is 0 Å². The second kappa shape index (κ2) is 3.36. The first-order valence-corrected chi connectivity index (χ1v) is 7.84. The summed E-state index contributed by atoms with van der Waals surface area (Å²) in [5.41, 5.74) is 0.749. The van der Waals surface area contributed by atoms with Gasteiger partial charge in [-0.2, -0.15) is 0 Å². The highest BCUT2D eigenvalue weighted by Gasteiger charge is 2.60. The predicted octanol–water partition coefficient (Wildman–Crippen LogP) is 3.70. The minimum atomic E-state index is -0.471. The van der Waals surface area contributed by atoms with Gasteiger partial charge in [-0.05, 0) is 73.3 Å². The largest absolute Gasteiger partial charge is 0.385 e. The number of aliphatic hydroxyl groups is 1. The normalized spacial score (nSPS) is 47.6. The molecule has 3 aliphatic rings. The molecule has 3 aliphatic carbocycles. The first-order valence-electron chi connectivity index (χ1n) is 6.96. The zero-order chi connectivity index (χ0) is 11.6. The molecule has 1 aromatic rings. The molecule has 2 heteroatoms. The molecular weight excluding hydrogens is 228 g/mol. The van der Waals surface area contributed by atoms with Crippen LogP contribution >= 0.6 is 11.3 Å². The Balaban J connectivity index is 1.72. The topological polar surface area (TPSA) is 20.2 Å². The zero-order valence-electron chi connectivity index (χ0n) is 10.4.